The number of carbonyl (C=O) groups excluding carboxylic acids is 1. The van der Waals surface area contributed by atoms with Crippen molar-refractivity contribution >= 4 is 30.3 Å². The second-order valence-corrected chi connectivity index (χ2v) is 6.15. The average molecular weight is 336 g/mol. The van der Waals surface area contributed by atoms with Crippen LogP contribution in [0, 0.1) is 5.92 Å². The van der Waals surface area contributed by atoms with Crippen LogP contribution in [0.2, 0.25) is 0 Å². The van der Waals surface area contributed by atoms with E-state index in [1.807, 2.05) is 73.1 Å². The van der Waals surface area contributed by atoms with Crippen molar-refractivity contribution in [2.24, 2.45) is 10.9 Å². The Kier molecular flexibility index (Phi) is 5.49. The number of rotatable bonds is 5. The van der Waals surface area contributed by atoms with Crippen molar-refractivity contribution in [2.75, 3.05) is 12.4 Å². The number of allylic oxidation sites excluding steroid dienone is 1. The summed E-state index contributed by atoms with van der Waals surface area (Å²) in [5.74, 6) is 0.430. The molecule has 0 N–H and O–H groups in total. The lowest BCUT2D eigenvalue weighted by Gasteiger charge is -2.25. The van der Waals surface area contributed by atoms with Gasteiger partial charge in [0.1, 0.15) is 6.67 Å². The second-order valence-electron chi connectivity index (χ2n) is 5.78. The maximum Gasteiger partial charge on any atom is 0.232 e. The first kappa shape index (κ1) is 16.5. The predicted octanol–water partition coefficient (Wildman–Crippen LogP) is 3.69. The van der Waals surface area contributed by atoms with E-state index < -0.39 is 0 Å². The zero-order valence-corrected chi connectivity index (χ0v) is 14.3. The van der Waals surface area contributed by atoms with E-state index in [0.717, 1.165) is 16.7 Å². The van der Waals surface area contributed by atoms with Crippen molar-refractivity contribution in [3.63, 3.8) is 0 Å². The summed E-state index contributed by atoms with van der Waals surface area (Å²) >= 11 is 4.39. The molecule has 0 radical (unpaired) electrons. The molecule has 3 rings (SSSR count). The van der Waals surface area contributed by atoms with Crippen LogP contribution in [-0.2, 0) is 11.2 Å². The molecule has 1 amide bonds. The largest absolute Gasteiger partial charge is 0.298 e. The summed E-state index contributed by atoms with van der Waals surface area (Å²) in [5.41, 5.74) is 3.16. The van der Waals surface area contributed by atoms with Crippen LogP contribution in [-0.4, -0.2) is 29.4 Å². The number of aliphatic imine (C=N–C) groups is 1. The third kappa shape index (κ3) is 3.95. The zero-order valence-electron chi connectivity index (χ0n) is 13.4. The molecule has 0 spiro atoms. The van der Waals surface area contributed by atoms with Crippen molar-refractivity contribution in [3.05, 3.63) is 78.0 Å². The normalized spacial score (nSPS) is 15.0. The van der Waals surface area contributed by atoms with Gasteiger partial charge >= 0.3 is 0 Å². The first-order chi connectivity index (χ1) is 11.8. The minimum absolute atomic E-state index is 0.0686. The Hall–Kier alpha value is -2.33. The molecule has 2 aromatic carbocycles. The lowest BCUT2D eigenvalue weighted by atomic mass is 9.99. The third-order valence-corrected chi connectivity index (χ3v) is 4.48. The van der Waals surface area contributed by atoms with Crippen LogP contribution in [0.1, 0.15) is 11.1 Å². The van der Waals surface area contributed by atoms with Gasteiger partial charge in [0.25, 0.3) is 0 Å². The minimum atomic E-state index is -0.155. The zero-order chi connectivity index (χ0) is 16.8. The van der Waals surface area contributed by atoms with Crippen LogP contribution in [0.15, 0.2) is 71.9 Å². The summed E-state index contributed by atoms with van der Waals surface area (Å²) in [7, 11) is 0. The highest BCUT2D eigenvalue weighted by Gasteiger charge is 2.24. The molecule has 0 bridgehead atoms. The van der Waals surface area contributed by atoms with Gasteiger partial charge in [-0.05, 0) is 17.5 Å². The number of benzene rings is 2. The standard InChI is InChI=1S/C20H20N2OS/c23-20(18(14-24)11-16-7-3-1-4-8-16)22-13-19(12-21-15-22)17-9-5-2-6-10-17/h1-10,12-13,18,24H,11,14-15H2. The van der Waals surface area contributed by atoms with E-state index in [1.165, 1.54) is 0 Å². The van der Waals surface area contributed by atoms with E-state index in [0.29, 0.717) is 18.8 Å². The smallest absolute Gasteiger partial charge is 0.232 e. The fourth-order valence-electron chi connectivity index (χ4n) is 2.75. The Bertz CT molecular complexity index is 741. The third-order valence-electron chi connectivity index (χ3n) is 4.04. The van der Waals surface area contributed by atoms with Crippen molar-refractivity contribution < 1.29 is 4.79 Å². The molecule has 1 aliphatic heterocycles. The van der Waals surface area contributed by atoms with Crippen LogP contribution in [0.4, 0.5) is 0 Å². The topological polar surface area (TPSA) is 32.7 Å². The highest BCUT2D eigenvalue weighted by atomic mass is 32.1. The van der Waals surface area contributed by atoms with Crippen molar-refractivity contribution in [3.8, 4) is 0 Å². The van der Waals surface area contributed by atoms with Gasteiger partial charge in [-0.3, -0.25) is 14.7 Å². The molecule has 0 fully saturated rings. The average Bonchev–Trinajstić information content (AvgIpc) is 2.67. The van der Waals surface area contributed by atoms with Gasteiger partial charge in [-0.25, -0.2) is 0 Å². The number of amides is 1. The molecular formula is C20H20N2OS. The number of hydrogen-bond acceptors (Lipinski definition) is 3. The van der Waals surface area contributed by atoms with Crippen molar-refractivity contribution in [1.29, 1.82) is 0 Å². The quantitative estimate of drug-likeness (QED) is 0.830. The minimum Gasteiger partial charge on any atom is -0.298 e. The Morgan fingerprint density at radius 1 is 1.08 bits per heavy atom. The maximum atomic E-state index is 12.9. The molecular weight excluding hydrogens is 316 g/mol. The number of hydrogen-bond donors (Lipinski definition) is 1. The van der Waals surface area contributed by atoms with Crippen molar-refractivity contribution in [1.82, 2.24) is 4.90 Å². The lowest BCUT2D eigenvalue weighted by molar-refractivity contribution is -0.132. The fourth-order valence-corrected chi connectivity index (χ4v) is 3.03. The molecule has 2 aromatic rings. The molecule has 1 aliphatic rings. The van der Waals surface area contributed by atoms with Gasteiger partial charge in [-0.2, -0.15) is 12.6 Å². The van der Waals surface area contributed by atoms with E-state index in [4.69, 9.17) is 0 Å². The summed E-state index contributed by atoms with van der Waals surface area (Å²) in [4.78, 5) is 18.9. The maximum absolute atomic E-state index is 12.9. The molecule has 3 nitrogen and oxygen atoms in total. The van der Waals surface area contributed by atoms with Gasteiger partial charge in [-0.15, -0.1) is 0 Å². The highest BCUT2D eigenvalue weighted by molar-refractivity contribution is 7.80. The summed E-state index contributed by atoms with van der Waals surface area (Å²) in [6.45, 7) is 0.369. The first-order valence-electron chi connectivity index (χ1n) is 8.00. The second kappa shape index (κ2) is 7.97. The summed E-state index contributed by atoms with van der Waals surface area (Å²) in [5, 5.41) is 0. The molecule has 0 saturated carbocycles. The Labute approximate surface area is 148 Å². The van der Waals surface area contributed by atoms with Gasteiger partial charge in [0.05, 0.1) is 5.92 Å². The SMILES string of the molecule is O=C(C(CS)Cc1ccccc1)N1C=C(c2ccccc2)C=NC1. The lowest BCUT2D eigenvalue weighted by Crippen LogP contribution is -2.35. The van der Waals surface area contributed by atoms with Gasteiger partial charge in [-0.1, -0.05) is 60.7 Å². The van der Waals surface area contributed by atoms with Gasteiger partial charge in [0, 0.05) is 23.7 Å². The Morgan fingerprint density at radius 2 is 1.75 bits per heavy atom. The van der Waals surface area contributed by atoms with Crippen LogP contribution in [0.5, 0.6) is 0 Å². The Balaban J connectivity index is 1.76. The molecule has 0 saturated heterocycles. The first-order valence-corrected chi connectivity index (χ1v) is 8.63. The van der Waals surface area contributed by atoms with E-state index in [-0.39, 0.29) is 11.8 Å². The van der Waals surface area contributed by atoms with Crippen LogP contribution < -0.4 is 0 Å². The van der Waals surface area contributed by atoms with Crippen LogP contribution in [0.25, 0.3) is 5.57 Å². The van der Waals surface area contributed by atoms with E-state index >= 15 is 0 Å². The van der Waals surface area contributed by atoms with Crippen LogP contribution >= 0.6 is 12.6 Å². The summed E-state index contributed by atoms with van der Waals surface area (Å²) < 4.78 is 0. The summed E-state index contributed by atoms with van der Waals surface area (Å²) in [6.07, 6.45) is 4.41. The molecule has 1 heterocycles. The summed E-state index contributed by atoms with van der Waals surface area (Å²) in [6, 6.07) is 20.0. The number of thiol groups is 1. The molecule has 1 atom stereocenters. The molecule has 0 aromatic heterocycles. The molecule has 122 valence electrons. The molecule has 24 heavy (non-hydrogen) atoms. The molecule has 1 unspecified atom stereocenters. The molecule has 4 heteroatoms. The van der Waals surface area contributed by atoms with E-state index in [2.05, 4.69) is 17.6 Å². The van der Waals surface area contributed by atoms with Crippen molar-refractivity contribution in [2.45, 2.75) is 6.42 Å². The van der Waals surface area contributed by atoms with Gasteiger partial charge in [0.2, 0.25) is 5.91 Å². The number of nitrogens with zero attached hydrogens (tertiary/aromatic N) is 2. The van der Waals surface area contributed by atoms with E-state index in [1.54, 1.807) is 4.90 Å². The number of carbonyl (C=O) groups is 1. The van der Waals surface area contributed by atoms with Crippen LogP contribution in [0.3, 0.4) is 0 Å². The monoisotopic (exact) mass is 336 g/mol. The van der Waals surface area contributed by atoms with Gasteiger partial charge in [0.15, 0.2) is 0 Å². The van der Waals surface area contributed by atoms with Gasteiger partial charge < -0.3 is 0 Å². The Morgan fingerprint density at radius 3 is 2.42 bits per heavy atom. The molecule has 0 aliphatic carbocycles. The predicted molar refractivity (Wildman–Crippen MR) is 102 cm³/mol. The highest BCUT2D eigenvalue weighted by Crippen LogP contribution is 2.20. The fraction of sp³-hybridized carbons (Fsp3) is 0.200. The van der Waals surface area contributed by atoms with E-state index in [9.17, 15) is 4.79 Å².